The molecule has 0 radical (unpaired) electrons. The van der Waals surface area contributed by atoms with Crippen LogP contribution >= 0.6 is 0 Å². The molecule has 1 aliphatic rings. The number of amides is 1. The molecule has 0 atom stereocenters. The highest BCUT2D eigenvalue weighted by Crippen LogP contribution is 2.38. The van der Waals surface area contributed by atoms with Crippen molar-refractivity contribution in [3.63, 3.8) is 0 Å². The van der Waals surface area contributed by atoms with Gasteiger partial charge < -0.3 is 14.5 Å². The maximum Gasteiger partial charge on any atom is 0.254 e. The molecule has 0 aliphatic carbocycles. The lowest BCUT2D eigenvalue weighted by molar-refractivity contribution is 0.0817. The third-order valence-corrected chi connectivity index (χ3v) is 4.96. The number of aliphatic hydroxyl groups is 1. The van der Waals surface area contributed by atoms with Crippen molar-refractivity contribution in [1.82, 2.24) is 10.1 Å². The van der Waals surface area contributed by atoms with Crippen molar-refractivity contribution in [1.29, 1.82) is 0 Å². The summed E-state index contributed by atoms with van der Waals surface area (Å²) in [5.74, 6) is 0.799. The van der Waals surface area contributed by atoms with Crippen LogP contribution in [0.5, 0.6) is 0 Å². The first kappa shape index (κ1) is 16.5. The van der Waals surface area contributed by atoms with E-state index in [1.807, 2.05) is 51.2 Å². The van der Waals surface area contributed by atoms with Crippen molar-refractivity contribution >= 4 is 5.91 Å². The predicted octanol–water partition coefficient (Wildman–Crippen LogP) is 3.70. The van der Waals surface area contributed by atoms with Gasteiger partial charge in [0.25, 0.3) is 5.91 Å². The Morgan fingerprint density at radius 1 is 1.12 bits per heavy atom. The van der Waals surface area contributed by atoms with Gasteiger partial charge in [0.2, 0.25) is 0 Å². The second-order valence-corrected chi connectivity index (χ2v) is 6.77. The zero-order valence-corrected chi connectivity index (χ0v) is 15.0. The molecule has 0 spiro atoms. The molecule has 1 N–H and O–H groups in total. The molecule has 0 fully saturated rings. The molecule has 0 unspecified atom stereocenters. The molecule has 2 heterocycles. The van der Waals surface area contributed by atoms with Crippen LogP contribution in [0.1, 0.15) is 32.9 Å². The van der Waals surface area contributed by atoms with Crippen LogP contribution in [-0.4, -0.2) is 28.1 Å². The van der Waals surface area contributed by atoms with Gasteiger partial charge in [0.05, 0.1) is 17.9 Å². The summed E-state index contributed by atoms with van der Waals surface area (Å²) in [4.78, 5) is 14.4. The van der Waals surface area contributed by atoms with Gasteiger partial charge in [0.1, 0.15) is 5.76 Å². The highest BCUT2D eigenvalue weighted by Gasteiger charge is 2.29. The highest BCUT2D eigenvalue weighted by molar-refractivity contribution is 6.05. The van der Waals surface area contributed by atoms with Crippen molar-refractivity contribution in [2.45, 2.75) is 27.0 Å². The first-order valence-electron chi connectivity index (χ1n) is 8.55. The third-order valence-electron chi connectivity index (χ3n) is 4.96. The van der Waals surface area contributed by atoms with E-state index in [9.17, 15) is 9.90 Å². The maximum atomic E-state index is 12.7. The number of benzene rings is 2. The zero-order chi connectivity index (χ0) is 18.4. The number of aryl methyl sites for hydroxylation is 2. The Hall–Kier alpha value is -2.92. The summed E-state index contributed by atoms with van der Waals surface area (Å²) >= 11 is 0. The van der Waals surface area contributed by atoms with Crippen LogP contribution in [0, 0.1) is 13.8 Å². The largest absolute Gasteiger partial charge is 0.392 e. The Labute approximate surface area is 151 Å². The molecule has 26 heavy (non-hydrogen) atoms. The molecule has 5 nitrogen and oxygen atoms in total. The predicted molar refractivity (Wildman–Crippen MR) is 98.6 cm³/mol. The maximum absolute atomic E-state index is 12.7. The van der Waals surface area contributed by atoms with E-state index >= 15 is 0 Å². The summed E-state index contributed by atoms with van der Waals surface area (Å²) in [6, 6.07) is 11.8. The van der Waals surface area contributed by atoms with Gasteiger partial charge in [0.15, 0.2) is 0 Å². The Morgan fingerprint density at radius 3 is 2.46 bits per heavy atom. The molecular weight excluding hydrogens is 328 g/mol. The Kier molecular flexibility index (Phi) is 3.89. The van der Waals surface area contributed by atoms with Gasteiger partial charge in [-0.05, 0) is 53.8 Å². The van der Waals surface area contributed by atoms with Crippen molar-refractivity contribution in [2.75, 3.05) is 7.05 Å². The molecule has 0 bridgehead atoms. The van der Waals surface area contributed by atoms with Crippen LogP contribution in [0.2, 0.25) is 0 Å². The monoisotopic (exact) mass is 348 g/mol. The fraction of sp³-hybridized carbons (Fsp3) is 0.238. The van der Waals surface area contributed by atoms with Crippen LogP contribution in [-0.2, 0) is 13.2 Å². The number of fused-ring (bicyclic) bond motifs is 1. The standard InChI is InChI=1S/C21H20N2O3/c1-12-19(13(2)26-22-12)16-8-17-10-23(3)21(25)20(17)18(9-16)15-6-4-14(11-24)5-7-15/h4-9,24H,10-11H2,1-3H3. The van der Waals surface area contributed by atoms with Gasteiger partial charge in [-0.25, -0.2) is 0 Å². The van der Waals surface area contributed by atoms with Crippen LogP contribution in [0.4, 0.5) is 0 Å². The lowest BCUT2D eigenvalue weighted by atomic mass is 9.91. The first-order chi connectivity index (χ1) is 12.5. The molecule has 4 rings (SSSR count). The van der Waals surface area contributed by atoms with E-state index in [1.165, 1.54) is 0 Å². The average Bonchev–Trinajstić information content (AvgIpc) is 3.13. The number of rotatable bonds is 3. The Balaban J connectivity index is 1.95. The Bertz CT molecular complexity index is 983. The van der Waals surface area contributed by atoms with E-state index in [1.54, 1.807) is 4.90 Å². The second kappa shape index (κ2) is 6.11. The van der Waals surface area contributed by atoms with Crippen molar-refractivity contribution in [3.05, 3.63) is 64.5 Å². The van der Waals surface area contributed by atoms with Gasteiger partial charge >= 0.3 is 0 Å². The fourth-order valence-electron chi connectivity index (χ4n) is 3.65. The van der Waals surface area contributed by atoms with Gasteiger partial charge in [0, 0.05) is 19.2 Å². The number of hydrogen-bond donors (Lipinski definition) is 1. The summed E-state index contributed by atoms with van der Waals surface area (Å²) < 4.78 is 5.33. The molecule has 5 heteroatoms. The SMILES string of the molecule is Cc1noc(C)c1-c1cc2c(c(-c3ccc(CO)cc3)c1)C(=O)N(C)C2. The molecule has 1 aliphatic heterocycles. The smallest absolute Gasteiger partial charge is 0.254 e. The highest BCUT2D eigenvalue weighted by atomic mass is 16.5. The van der Waals surface area contributed by atoms with Gasteiger partial charge in [-0.2, -0.15) is 0 Å². The second-order valence-electron chi connectivity index (χ2n) is 6.77. The third kappa shape index (κ3) is 2.52. The molecule has 3 aromatic rings. The number of aliphatic hydroxyl groups excluding tert-OH is 1. The van der Waals surface area contributed by atoms with Gasteiger partial charge in [-0.1, -0.05) is 29.4 Å². The van der Waals surface area contributed by atoms with Crippen LogP contribution in [0.15, 0.2) is 40.9 Å². The summed E-state index contributed by atoms with van der Waals surface area (Å²) in [6.07, 6.45) is 0. The quantitative estimate of drug-likeness (QED) is 0.784. The number of carbonyl (C=O) groups excluding carboxylic acids is 1. The van der Waals surface area contributed by atoms with E-state index < -0.39 is 0 Å². The Morgan fingerprint density at radius 2 is 1.85 bits per heavy atom. The van der Waals surface area contributed by atoms with Crippen LogP contribution in [0.25, 0.3) is 22.3 Å². The lowest BCUT2D eigenvalue weighted by Gasteiger charge is -2.12. The molecule has 0 saturated heterocycles. The molecule has 1 aromatic heterocycles. The summed E-state index contributed by atoms with van der Waals surface area (Å²) in [5.41, 5.74) is 7.27. The number of carbonyl (C=O) groups is 1. The van der Waals surface area contributed by atoms with Crippen LogP contribution < -0.4 is 0 Å². The normalized spacial score (nSPS) is 13.4. The van der Waals surface area contributed by atoms with E-state index in [0.29, 0.717) is 6.54 Å². The first-order valence-corrected chi connectivity index (χ1v) is 8.55. The lowest BCUT2D eigenvalue weighted by Crippen LogP contribution is -2.17. The van der Waals surface area contributed by atoms with Crippen molar-refractivity contribution in [2.24, 2.45) is 0 Å². The topological polar surface area (TPSA) is 66.6 Å². The summed E-state index contributed by atoms with van der Waals surface area (Å²) in [6.45, 7) is 4.41. The number of hydrogen-bond acceptors (Lipinski definition) is 4. The van der Waals surface area contributed by atoms with Crippen molar-refractivity contribution in [3.8, 4) is 22.3 Å². The van der Waals surface area contributed by atoms with Crippen molar-refractivity contribution < 1.29 is 14.4 Å². The van der Waals surface area contributed by atoms with E-state index in [0.717, 1.165) is 50.4 Å². The average molecular weight is 348 g/mol. The summed E-state index contributed by atoms with van der Waals surface area (Å²) in [5, 5.41) is 13.3. The number of aromatic nitrogens is 1. The molecular formula is C21H20N2O3. The van der Waals surface area contributed by atoms with E-state index in [2.05, 4.69) is 11.2 Å². The van der Waals surface area contributed by atoms with E-state index in [4.69, 9.17) is 4.52 Å². The van der Waals surface area contributed by atoms with Gasteiger partial charge in [-0.3, -0.25) is 4.79 Å². The molecule has 132 valence electrons. The minimum atomic E-state index is -0.000820. The zero-order valence-electron chi connectivity index (χ0n) is 15.0. The number of nitrogens with zero attached hydrogens (tertiary/aromatic N) is 2. The van der Waals surface area contributed by atoms with E-state index in [-0.39, 0.29) is 12.5 Å². The minimum Gasteiger partial charge on any atom is -0.392 e. The molecule has 1 amide bonds. The summed E-state index contributed by atoms with van der Waals surface area (Å²) in [7, 11) is 1.82. The van der Waals surface area contributed by atoms with Gasteiger partial charge in [-0.15, -0.1) is 0 Å². The minimum absolute atomic E-state index is 0.000820. The van der Waals surface area contributed by atoms with Crippen LogP contribution in [0.3, 0.4) is 0 Å². The molecule has 2 aromatic carbocycles. The fourth-order valence-corrected chi connectivity index (χ4v) is 3.65. The molecule has 0 saturated carbocycles.